The molecule has 0 aromatic heterocycles. The molecule has 134 valence electrons. The Morgan fingerprint density at radius 2 is 1.96 bits per heavy atom. The third-order valence-electron chi connectivity index (χ3n) is 3.81. The normalized spacial score (nSPS) is 12.0. The molecule has 0 saturated heterocycles. The molecule has 0 radical (unpaired) electrons. The number of benzene rings is 2. The highest BCUT2D eigenvalue weighted by atomic mass is 16.5. The number of rotatable bonds is 7. The van der Waals surface area contributed by atoms with Gasteiger partial charge in [0.1, 0.15) is 11.6 Å². The van der Waals surface area contributed by atoms with Gasteiger partial charge in [-0.1, -0.05) is 36.4 Å². The van der Waals surface area contributed by atoms with Gasteiger partial charge in [0.2, 0.25) is 0 Å². The molecule has 0 aliphatic heterocycles. The Bertz CT molecular complexity index is 823. The van der Waals surface area contributed by atoms with Gasteiger partial charge in [0.05, 0.1) is 19.8 Å². The molecule has 0 aliphatic rings. The van der Waals surface area contributed by atoms with E-state index in [9.17, 15) is 10.1 Å². The maximum Gasteiger partial charge on any atom is 0.262 e. The minimum atomic E-state index is -0.419. The molecular formula is C21H22N2O3. The third kappa shape index (κ3) is 4.87. The Balaban J connectivity index is 2.20. The third-order valence-corrected chi connectivity index (χ3v) is 3.81. The molecule has 0 heterocycles. The monoisotopic (exact) mass is 350 g/mol. The summed E-state index contributed by atoms with van der Waals surface area (Å²) in [6, 6.07) is 16.6. The molecule has 0 fully saturated rings. The lowest BCUT2D eigenvalue weighted by molar-refractivity contribution is -0.117. The SMILES string of the molecule is CCOc1cc(/C=C(\C#N)C(=O)N[C@@H](C)c2ccccc2)ccc1OC. The summed E-state index contributed by atoms with van der Waals surface area (Å²) in [6.07, 6.45) is 1.54. The van der Waals surface area contributed by atoms with Crippen molar-refractivity contribution >= 4 is 12.0 Å². The molecule has 5 heteroatoms. The first-order valence-electron chi connectivity index (χ1n) is 8.37. The van der Waals surface area contributed by atoms with Gasteiger partial charge < -0.3 is 14.8 Å². The average Bonchev–Trinajstić information content (AvgIpc) is 2.67. The number of methoxy groups -OCH3 is 1. The average molecular weight is 350 g/mol. The number of carbonyl (C=O) groups excluding carboxylic acids is 1. The molecule has 0 bridgehead atoms. The summed E-state index contributed by atoms with van der Waals surface area (Å²) >= 11 is 0. The van der Waals surface area contributed by atoms with Crippen LogP contribution in [0.25, 0.3) is 6.08 Å². The summed E-state index contributed by atoms with van der Waals surface area (Å²) < 4.78 is 10.8. The number of nitrogens with one attached hydrogen (secondary N) is 1. The summed E-state index contributed by atoms with van der Waals surface area (Å²) in [5, 5.41) is 12.2. The lowest BCUT2D eigenvalue weighted by atomic mass is 10.1. The second-order valence-corrected chi connectivity index (χ2v) is 5.62. The lowest BCUT2D eigenvalue weighted by Crippen LogP contribution is -2.27. The maximum absolute atomic E-state index is 12.4. The Hall–Kier alpha value is -3.26. The highest BCUT2D eigenvalue weighted by molar-refractivity contribution is 6.01. The molecule has 2 aromatic rings. The molecule has 0 spiro atoms. The van der Waals surface area contributed by atoms with E-state index in [1.54, 1.807) is 25.3 Å². The second-order valence-electron chi connectivity index (χ2n) is 5.62. The molecule has 5 nitrogen and oxygen atoms in total. The molecule has 0 aliphatic carbocycles. The first-order valence-corrected chi connectivity index (χ1v) is 8.37. The molecule has 2 aromatic carbocycles. The number of nitrogens with zero attached hydrogens (tertiary/aromatic N) is 1. The summed E-state index contributed by atoms with van der Waals surface area (Å²) in [7, 11) is 1.56. The van der Waals surface area contributed by atoms with E-state index in [-0.39, 0.29) is 11.6 Å². The smallest absolute Gasteiger partial charge is 0.262 e. The molecule has 26 heavy (non-hydrogen) atoms. The summed E-state index contributed by atoms with van der Waals surface area (Å²) in [5.74, 6) is 0.751. The van der Waals surface area contributed by atoms with Gasteiger partial charge in [-0.05, 0) is 43.2 Å². The fraction of sp³-hybridized carbons (Fsp3) is 0.238. The van der Waals surface area contributed by atoms with Gasteiger partial charge in [-0.2, -0.15) is 5.26 Å². The van der Waals surface area contributed by atoms with Crippen LogP contribution >= 0.6 is 0 Å². The highest BCUT2D eigenvalue weighted by Crippen LogP contribution is 2.29. The first kappa shape index (κ1) is 19.1. The largest absolute Gasteiger partial charge is 0.493 e. The van der Waals surface area contributed by atoms with Crippen molar-refractivity contribution in [3.05, 3.63) is 65.2 Å². The van der Waals surface area contributed by atoms with Crippen LogP contribution in [0.15, 0.2) is 54.1 Å². The van der Waals surface area contributed by atoms with E-state index < -0.39 is 5.91 Å². The molecular weight excluding hydrogens is 328 g/mol. The van der Waals surface area contributed by atoms with E-state index in [2.05, 4.69) is 5.32 Å². The Labute approximate surface area is 153 Å². The Kier molecular flexibility index (Phi) is 6.81. The number of amides is 1. The van der Waals surface area contributed by atoms with Gasteiger partial charge in [-0.3, -0.25) is 4.79 Å². The predicted octanol–water partition coefficient (Wildman–Crippen LogP) is 3.88. The van der Waals surface area contributed by atoms with E-state index in [0.29, 0.717) is 23.7 Å². The summed E-state index contributed by atoms with van der Waals surface area (Å²) in [5.41, 5.74) is 1.69. The summed E-state index contributed by atoms with van der Waals surface area (Å²) in [6.45, 7) is 4.24. The second kappa shape index (κ2) is 9.28. The Morgan fingerprint density at radius 1 is 1.23 bits per heavy atom. The van der Waals surface area contributed by atoms with Gasteiger partial charge in [0.15, 0.2) is 11.5 Å². The predicted molar refractivity (Wildman–Crippen MR) is 101 cm³/mol. The highest BCUT2D eigenvalue weighted by Gasteiger charge is 2.14. The van der Waals surface area contributed by atoms with Crippen LogP contribution in [0, 0.1) is 11.3 Å². The van der Waals surface area contributed by atoms with Gasteiger partial charge in [-0.25, -0.2) is 0 Å². The number of ether oxygens (including phenoxy) is 2. The fourth-order valence-electron chi connectivity index (χ4n) is 2.47. The zero-order chi connectivity index (χ0) is 18.9. The van der Waals surface area contributed by atoms with E-state index in [1.165, 1.54) is 6.08 Å². The van der Waals surface area contributed by atoms with Gasteiger partial charge in [-0.15, -0.1) is 0 Å². The summed E-state index contributed by atoms with van der Waals surface area (Å²) in [4.78, 5) is 12.4. The topological polar surface area (TPSA) is 71.3 Å². The van der Waals surface area contributed by atoms with E-state index in [1.807, 2.05) is 50.2 Å². The van der Waals surface area contributed by atoms with Crippen LogP contribution in [0.1, 0.15) is 31.0 Å². The number of hydrogen-bond donors (Lipinski definition) is 1. The minimum Gasteiger partial charge on any atom is -0.493 e. The van der Waals surface area contributed by atoms with Crippen LogP contribution in [0.4, 0.5) is 0 Å². The van der Waals surface area contributed by atoms with Gasteiger partial charge >= 0.3 is 0 Å². The first-order chi connectivity index (χ1) is 12.6. The van der Waals surface area contributed by atoms with Crippen molar-refractivity contribution in [2.75, 3.05) is 13.7 Å². The molecule has 1 N–H and O–H groups in total. The number of nitriles is 1. The zero-order valence-corrected chi connectivity index (χ0v) is 15.2. The van der Waals surface area contributed by atoms with Crippen molar-refractivity contribution in [1.29, 1.82) is 5.26 Å². The zero-order valence-electron chi connectivity index (χ0n) is 15.2. The van der Waals surface area contributed by atoms with Crippen molar-refractivity contribution in [2.24, 2.45) is 0 Å². The quantitative estimate of drug-likeness (QED) is 0.608. The van der Waals surface area contributed by atoms with Crippen LogP contribution in [0.3, 0.4) is 0 Å². The molecule has 1 amide bonds. The van der Waals surface area contributed by atoms with E-state index >= 15 is 0 Å². The van der Waals surface area contributed by atoms with Crippen LogP contribution in [-0.4, -0.2) is 19.6 Å². The molecule has 0 unspecified atom stereocenters. The van der Waals surface area contributed by atoms with E-state index in [0.717, 1.165) is 5.56 Å². The van der Waals surface area contributed by atoms with Crippen LogP contribution in [0.2, 0.25) is 0 Å². The lowest BCUT2D eigenvalue weighted by Gasteiger charge is -2.14. The van der Waals surface area contributed by atoms with Gasteiger partial charge in [0, 0.05) is 0 Å². The molecule has 2 rings (SSSR count). The standard InChI is InChI=1S/C21H22N2O3/c1-4-26-20-13-16(10-11-19(20)25-3)12-18(14-22)21(24)23-15(2)17-8-6-5-7-9-17/h5-13,15H,4H2,1-3H3,(H,23,24)/b18-12+/t15-/m0/s1. The molecule has 0 saturated carbocycles. The fourth-order valence-corrected chi connectivity index (χ4v) is 2.47. The molecule has 1 atom stereocenters. The maximum atomic E-state index is 12.4. The number of hydrogen-bond acceptors (Lipinski definition) is 4. The van der Waals surface area contributed by atoms with Crippen molar-refractivity contribution in [2.45, 2.75) is 19.9 Å². The van der Waals surface area contributed by atoms with Crippen molar-refractivity contribution < 1.29 is 14.3 Å². The number of carbonyl (C=O) groups is 1. The van der Waals surface area contributed by atoms with Crippen LogP contribution in [-0.2, 0) is 4.79 Å². The van der Waals surface area contributed by atoms with Crippen molar-refractivity contribution in [3.63, 3.8) is 0 Å². The Morgan fingerprint density at radius 3 is 2.58 bits per heavy atom. The van der Waals surface area contributed by atoms with Crippen molar-refractivity contribution in [1.82, 2.24) is 5.32 Å². The van der Waals surface area contributed by atoms with Gasteiger partial charge in [0.25, 0.3) is 5.91 Å². The minimum absolute atomic E-state index is 0.0281. The van der Waals surface area contributed by atoms with E-state index in [4.69, 9.17) is 9.47 Å². The van der Waals surface area contributed by atoms with Crippen LogP contribution in [0.5, 0.6) is 11.5 Å². The van der Waals surface area contributed by atoms with Crippen LogP contribution < -0.4 is 14.8 Å². The van der Waals surface area contributed by atoms with Crippen molar-refractivity contribution in [3.8, 4) is 17.6 Å².